The number of benzene rings is 2. The first kappa shape index (κ1) is 13.7. The molecule has 1 aliphatic rings. The first-order valence-corrected chi connectivity index (χ1v) is 7.38. The third kappa shape index (κ3) is 3.45. The molecule has 2 nitrogen and oxygen atoms in total. The van der Waals surface area contributed by atoms with Crippen LogP contribution < -0.4 is 10.5 Å². The third-order valence-electron chi connectivity index (χ3n) is 3.80. The van der Waals surface area contributed by atoms with Gasteiger partial charge in [0.25, 0.3) is 0 Å². The van der Waals surface area contributed by atoms with E-state index < -0.39 is 0 Å². The van der Waals surface area contributed by atoms with Gasteiger partial charge in [-0.2, -0.15) is 0 Å². The van der Waals surface area contributed by atoms with Gasteiger partial charge in [-0.3, -0.25) is 0 Å². The first-order chi connectivity index (χ1) is 10.3. The SMILES string of the molecule is N[C@@H]1CCCc2ccc(OCC#Cc3ccccc3)cc21. The van der Waals surface area contributed by atoms with Gasteiger partial charge in [0.15, 0.2) is 0 Å². The molecular formula is C19H19NO. The van der Waals surface area contributed by atoms with Crippen LogP contribution in [0.1, 0.15) is 35.6 Å². The molecule has 0 amide bonds. The molecule has 0 radical (unpaired) electrons. The minimum Gasteiger partial charge on any atom is -0.481 e. The Morgan fingerprint density at radius 1 is 1.14 bits per heavy atom. The zero-order valence-electron chi connectivity index (χ0n) is 12.0. The van der Waals surface area contributed by atoms with Gasteiger partial charge in [-0.05, 0) is 54.7 Å². The maximum atomic E-state index is 6.16. The van der Waals surface area contributed by atoms with Gasteiger partial charge in [0.2, 0.25) is 0 Å². The third-order valence-corrected chi connectivity index (χ3v) is 3.80. The number of nitrogens with two attached hydrogens (primary N) is 1. The maximum Gasteiger partial charge on any atom is 0.149 e. The minimum atomic E-state index is 0.146. The molecule has 2 aromatic rings. The summed E-state index contributed by atoms with van der Waals surface area (Å²) in [5.41, 5.74) is 9.76. The van der Waals surface area contributed by atoms with E-state index in [0.29, 0.717) is 6.61 Å². The fourth-order valence-electron chi connectivity index (χ4n) is 2.68. The number of rotatable bonds is 2. The predicted octanol–water partition coefficient (Wildman–Crippen LogP) is 3.45. The van der Waals surface area contributed by atoms with Crippen molar-refractivity contribution in [2.45, 2.75) is 25.3 Å². The van der Waals surface area contributed by atoms with E-state index in [1.807, 2.05) is 36.4 Å². The Hall–Kier alpha value is -2.24. The summed E-state index contributed by atoms with van der Waals surface area (Å²) in [6.45, 7) is 0.392. The van der Waals surface area contributed by atoms with Crippen LogP contribution >= 0.6 is 0 Å². The number of hydrogen-bond donors (Lipinski definition) is 1. The second-order valence-electron chi connectivity index (χ2n) is 5.32. The quantitative estimate of drug-likeness (QED) is 0.853. The van der Waals surface area contributed by atoms with Crippen LogP contribution in [0.5, 0.6) is 5.75 Å². The molecule has 0 heterocycles. The summed E-state index contributed by atoms with van der Waals surface area (Å²) in [5.74, 6) is 6.98. The normalized spacial score (nSPS) is 16.5. The van der Waals surface area contributed by atoms with E-state index in [0.717, 1.165) is 24.2 Å². The van der Waals surface area contributed by atoms with E-state index >= 15 is 0 Å². The molecule has 0 saturated heterocycles. The average Bonchev–Trinajstić information content (AvgIpc) is 2.53. The Kier molecular flexibility index (Phi) is 4.23. The van der Waals surface area contributed by atoms with Crippen molar-refractivity contribution in [3.8, 4) is 17.6 Å². The van der Waals surface area contributed by atoms with Gasteiger partial charge in [0.1, 0.15) is 12.4 Å². The average molecular weight is 277 g/mol. The zero-order chi connectivity index (χ0) is 14.5. The summed E-state index contributed by atoms with van der Waals surface area (Å²) in [5, 5.41) is 0. The second-order valence-corrected chi connectivity index (χ2v) is 5.32. The number of aryl methyl sites for hydroxylation is 1. The van der Waals surface area contributed by atoms with E-state index in [4.69, 9.17) is 10.5 Å². The Morgan fingerprint density at radius 2 is 2.00 bits per heavy atom. The monoisotopic (exact) mass is 277 g/mol. The number of hydrogen-bond acceptors (Lipinski definition) is 2. The van der Waals surface area contributed by atoms with Crippen LogP contribution in [-0.4, -0.2) is 6.61 Å². The molecule has 3 rings (SSSR count). The van der Waals surface area contributed by atoms with Crippen LogP contribution in [-0.2, 0) is 6.42 Å². The zero-order valence-corrected chi connectivity index (χ0v) is 12.0. The Labute approximate surface area is 125 Å². The fraction of sp³-hybridized carbons (Fsp3) is 0.263. The van der Waals surface area contributed by atoms with Crippen LogP contribution in [0.15, 0.2) is 48.5 Å². The van der Waals surface area contributed by atoms with E-state index in [1.54, 1.807) is 0 Å². The predicted molar refractivity (Wildman–Crippen MR) is 85.1 cm³/mol. The van der Waals surface area contributed by atoms with Gasteiger partial charge in [0.05, 0.1) is 0 Å². The lowest BCUT2D eigenvalue weighted by Gasteiger charge is -2.22. The van der Waals surface area contributed by atoms with Crippen molar-refractivity contribution in [2.24, 2.45) is 5.73 Å². The highest BCUT2D eigenvalue weighted by atomic mass is 16.5. The summed E-state index contributed by atoms with van der Waals surface area (Å²) in [6, 6.07) is 16.3. The maximum absolute atomic E-state index is 6.16. The standard InChI is InChI=1S/C19H19NO/c20-19-10-4-9-16-11-12-17(14-18(16)19)21-13-5-8-15-6-2-1-3-7-15/h1-3,6-7,11-12,14,19H,4,9-10,13,20H2/t19-/m1/s1. The van der Waals surface area contributed by atoms with E-state index in [2.05, 4.69) is 24.0 Å². The van der Waals surface area contributed by atoms with Crippen molar-refractivity contribution < 1.29 is 4.74 Å². The van der Waals surface area contributed by atoms with Crippen LogP contribution in [0.25, 0.3) is 0 Å². The smallest absolute Gasteiger partial charge is 0.149 e. The van der Waals surface area contributed by atoms with Crippen molar-refractivity contribution in [1.29, 1.82) is 0 Å². The first-order valence-electron chi connectivity index (χ1n) is 7.38. The molecule has 2 N–H and O–H groups in total. The molecule has 21 heavy (non-hydrogen) atoms. The van der Waals surface area contributed by atoms with Crippen molar-refractivity contribution >= 4 is 0 Å². The molecule has 2 aromatic carbocycles. The molecule has 0 bridgehead atoms. The van der Waals surface area contributed by atoms with E-state index in [9.17, 15) is 0 Å². The minimum absolute atomic E-state index is 0.146. The lowest BCUT2D eigenvalue weighted by molar-refractivity contribution is 0.368. The van der Waals surface area contributed by atoms with Crippen LogP contribution in [0, 0.1) is 11.8 Å². The van der Waals surface area contributed by atoms with E-state index in [-0.39, 0.29) is 6.04 Å². The van der Waals surface area contributed by atoms with Gasteiger partial charge < -0.3 is 10.5 Å². The lowest BCUT2D eigenvalue weighted by Crippen LogP contribution is -2.17. The summed E-state index contributed by atoms with van der Waals surface area (Å²) in [4.78, 5) is 0. The second kappa shape index (κ2) is 6.47. The topological polar surface area (TPSA) is 35.2 Å². The summed E-state index contributed by atoms with van der Waals surface area (Å²) in [6.07, 6.45) is 3.36. The Bertz CT molecular complexity index is 667. The summed E-state index contributed by atoms with van der Waals surface area (Å²) in [7, 11) is 0. The fourth-order valence-corrected chi connectivity index (χ4v) is 2.68. The molecule has 0 saturated carbocycles. The molecule has 0 aromatic heterocycles. The van der Waals surface area contributed by atoms with Crippen molar-refractivity contribution in [1.82, 2.24) is 0 Å². The molecule has 0 aliphatic heterocycles. The number of ether oxygens (including phenoxy) is 1. The van der Waals surface area contributed by atoms with Crippen LogP contribution in [0.3, 0.4) is 0 Å². The van der Waals surface area contributed by atoms with Crippen LogP contribution in [0.2, 0.25) is 0 Å². The van der Waals surface area contributed by atoms with Crippen molar-refractivity contribution in [3.05, 3.63) is 65.2 Å². The summed E-state index contributed by atoms with van der Waals surface area (Å²) < 4.78 is 5.71. The molecule has 106 valence electrons. The molecule has 1 aliphatic carbocycles. The van der Waals surface area contributed by atoms with E-state index in [1.165, 1.54) is 17.5 Å². The largest absolute Gasteiger partial charge is 0.481 e. The van der Waals surface area contributed by atoms with Gasteiger partial charge in [-0.25, -0.2) is 0 Å². The highest BCUT2D eigenvalue weighted by Crippen LogP contribution is 2.30. The van der Waals surface area contributed by atoms with Crippen molar-refractivity contribution in [2.75, 3.05) is 6.61 Å². The van der Waals surface area contributed by atoms with Crippen molar-refractivity contribution in [3.63, 3.8) is 0 Å². The molecular weight excluding hydrogens is 258 g/mol. The molecule has 2 heteroatoms. The summed E-state index contributed by atoms with van der Waals surface area (Å²) >= 11 is 0. The molecule has 0 fully saturated rings. The van der Waals surface area contributed by atoms with Gasteiger partial charge in [-0.1, -0.05) is 36.1 Å². The Balaban J connectivity index is 1.64. The van der Waals surface area contributed by atoms with Gasteiger partial charge >= 0.3 is 0 Å². The van der Waals surface area contributed by atoms with Crippen LogP contribution in [0.4, 0.5) is 0 Å². The molecule has 1 atom stereocenters. The molecule has 0 unspecified atom stereocenters. The highest BCUT2D eigenvalue weighted by molar-refractivity contribution is 5.39. The van der Waals surface area contributed by atoms with Gasteiger partial charge in [0, 0.05) is 11.6 Å². The number of fused-ring (bicyclic) bond motifs is 1. The highest BCUT2D eigenvalue weighted by Gasteiger charge is 2.16. The Morgan fingerprint density at radius 3 is 2.86 bits per heavy atom. The molecule has 0 spiro atoms. The lowest BCUT2D eigenvalue weighted by atomic mass is 9.88. The van der Waals surface area contributed by atoms with Gasteiger partial charge in [-0.15, -0.1) is 0 Å².